The van der Waals surface area contributed by atoms with Crippen LogP contribution in [0.4, 0.5) is 0 Å². The zero-order valence-electron chi connectivity index (χ0n) is 28.1. The number of nitrogens with one attached hydrogen (secondary N) is 1. The Morgan fingerprint density at radius 3 is 1.86 bits per heavy atom. The van der Waals surface area contributed by atoms with Crippen molar-refractivity contribution >= 4 is 8.24 Å². The maximum Gasteiger partial charge on any atom is 0.129 e. The Kier molecular flexibility index (Phi) is 7.40. The van der Waals surface area contributed by atoms with Crippen LogP contribution in [0.5, 0.6) is 0 Å². The lowest BCUT2D eigenvalue weighted by Crippen LogP contribution is -2.64. The highest BCUT2D eigenvalue weighted by atomic mass is 28.3. The summed E-state index contributed by atoms with van der Waals surface area (Å²) >= 11 is 0. The van der Waals surface area contributed by atoms with E-state index in [9.17, 15) is 0 Å². The molecule has 6 rings (SSSR count). The van der Waals surface area contributed by atoms with Crippen molar-refractivity contribution in [2.75, 3.05) is 0 Å². The van der Waals surface area contributed by atoms with E-state index in [1.165, 1.54) is 16.7 Å². The molecule has 2 fully saturated rings. The van der Waals surface area contributed by atoms with Crippen LogP contribution in [0.25, 0.3) is 0 Å². The van der Waals surface area contributed by atoms with Crippen molar-refractivity contribution in [3.63, 3.8) is 0 Å². The van der Waals surface area contributed by atoms with E-state index < -0.39 is 8.24 Å². The van der Waals surface area contributed by atoms with Gasteiger partial charge in [-0.1, -0.05) is 133 Å². The third kappa shape index (κ3) is 5.35. The maximum absolute atomic E-state index is 4.09. The lowest BCUT2D eigenvalue weighted by atomic mass is 9.74. The summed E-state index contributed by atoms with van der Waals surface area (Å²) in [5, 5.41) is 4.09. The van der Waals surface area contributed by atoms with Crippen LogP contribution in [0.3, 0.4) is 0 Å². The zero-order valence-corrected chi connectivity index (χ0v) is 29.1. The van der Waals surface area contributed by atoms with Crippen molar-refractivity contribution in [2.45, 2.75) is 91.8 Å². The number of nitrogens with zero attached hydrogens (tertiary/aromatic N) is 1. The smallest absolute Gasteiger partial charge is 0.129 e. The molecule has 1 N–H and O–H groups in total. The fourth-order valence-corrected chi connectivity index (χ4v) is 14.4. The van der Waals surface area contributed by atoms with E-state index in [1.807, 2.05) is 0 Å². The lowest BCUT2D eigenvalue weighted by Gasteiger charge is -2.51. The van der Waals surface area contributed by atoms with Gasteiger partial charge in [-0.3, -0.25) is 9.88 Å². The fraction of sp³-hybridized carbons (Fsp3) is 0.500. The highest BCUT2D eigenvalue weighted by Gasteiger charge is 2.61. The number of fused-ring (bicyclic) bond motifs is 4. The Labute approximate surface area is 262 Å². The number of hydrogen-bond donors (Lipinski definition) is 1. The minimum Gasteiger partial charge on any atom is -0.299 e. The Balaban J connectivity index is 1.41. The predicted octanol–water partition coefficient (Wildman–Crippen LogP) is 9.05. The summed E-state index contributed by atoms with van der Waals surface area (Å²) in [5.41, 5.74) is 6.04. The second kappa shape index (κ2) is 10.5. The number of hydrogen-bond acceptors (Lipinski definition) is 2. The molecular weight excluding hydrogens is 537 g/mol. The van der Waals surface area contributed by atoms with Crippen LogP contribution in [-0.4, -0.2) is 30.5 Å². The SMILES string of the molecule is CC(C)(C)C1=CC2C(C=C1)C1C=CC(C(C)(C)C)=CC1C2[Si](C)(C)N1[C@@H]2C=CC=C(C#Cc3ccccc3)C2NC1(C)C. The largest absolute Gasteiger partial charge is 0.299 e. The molecule has 226 valence electrons. The number of allylic oxidation sites excluding steroid dienone is 10. The molecule has 5 unspecified atom stereocenters. The molecule has 6 atom stereocenters. The van der Waals surface area contributed by atoms with Gasteiger partial charge >= 0.3 is 0 Å². The third-order valence-corrected chi connectivity index (χ3v) is 15.4. The van der Waals surface area contributed by atoms with Gasteiger partial charge in [-0.15, -0.1) is 0 Å². The van der Waals surface area contributed by atoms with Crippen molar-refractivity contribution in [3.8, 4) is 11.8 Å². The first-order valence-corrected chi connectivity index (χ1v) is 19.5. The molecule has 0 aromatic heterocycles. The average molecular weight is 589 g/mol. The van der Waals surface area contributed by atoms with Gasteiger partial charge < -0.3 is 0 Å². The predicted molar refractivity (Wildman–Crippen MR) is 186 cm³/mol. The van der Waals surface area contributed by atoms with Gasteiger partial charge in [-0.25, -0.2) is 0 Å². The standard InChI is InChI=1S/C40H52N2Si/c1-38(2,3)29-21-23-31-32-24-22-30(39(4,5)6)26-34(32)37(33(31)25-29)43(9,10)42-35-18-14-17-28(36(35)41-40(42,7)8)20-19-27-15-12-11-13-16-27/h11-18,21-26,31-37,41H,1-10H3/t31?,32?,33?,34?,35-,36?,37?/m1/s1. The summed E-state index contributed by atoms with van der Waals surface area (Å²) in [6, 6.07) is 10.9. The number of rotatable bonds is 2. The van der Waals surface area contributed by atoms with Gasteiger partial charge in [0.25, 0.3) is 0 Å². The van der Waals surface area contributed by atoms with E-state index in [1.54, 1.807) is 0 Å². The average Bonchev–Trinajstić information content (AvgIpc) is 3.42. The topological polar surface area (TPSA) is 15.3 Å². The Hall–Kier alpha value is -2.64. The van der Waals surface area contributed by atoms with Crippen molar-refractivity contribution in [2.24, 2.45) is 34.5 Å². The molecule has 1 aromatic carbocycles. The van der Waals surface area contributed by atoms with Crippen LogP contribution >= 0.6 is 0 Å². The normalized spacial score (nSPS) is 33.1. The van der Waals surface area contributed by atoms with E-state index in [2.05, 4.69) is 175 Å². The van der Waals surface area contributed by atoms with Crippen molar-refractivity contribution in [1.82, 2.24) is 9.88 Å². The third-order valence-electron chi connectivity index (χ3n) is 10.9. The molecule has 1 aliphatic heterocycles. The van der Waals surface area contributed by atoms with E-state index in [4.69, 9.17) is 0 Å². The summed E-state index contributed by atoms with van der Waals surface area (Å²) in [7, 11) is -2.10. The molecule has 0 bridgehead atoms. The summed E-state index contributed by atoms with van der Waals surface area (Å²) in [6.45, 7) is 24.4. The van der Waals surface area contributed by atoms with Crippen LogP contribution in [0.15, 0.2) is 102 Å². The maximum atomic E-state index is 4.09. The molecule has 1 saturated heterocycles. The molecule has 3 heteroatoms. The second-order valence-corrected chi connectivity index (χ2v) is 21.1. The van der Waals surface area contributed by atoms with Crippen molar-refractivity contribution < 1.29 is 0 Å². The molecule has 0 spiro atoms. The summed E-state index contributed by atoms with van der Waals surface area (Å²) < 4.78 is 2.95. The van der Waals surface area contributed by atoms with E-state index in [0.717, 1.165) is 5.56 Å². The molecule has 2 nitrogen and oxygen atoms in total. The first-order chi connectivity index (χ1) is 20.1. The monoisotopic (exact) mass is 588 g/mol. The van der Waals surface area contributed by atoms with Crippen LogP contribution in [0, 0.1) is 46.3 Å². The van der Waals surface area contributed by atoms with Crippen molar-refractivity contribution in [1.29, 1.82) is 0 Å². The van der Waals surface area contributed by atoms with E-state index in [-0.39, 0.29) is 22.5 Å². The second-order valence-electron chi connectivity index (χ2n) is 16.6. The quantitative estimate of drug-likeness (QED) is 0.274. The zero-order chi connectivity index (χ0) is 30.9. The number of benzene rings is 1. The summed E-state index contributed by atoms with van der Waals surface area (Å²) in [4.78, 5) is 0. The Morgan fingerprint density at radius 1 is 0.767 bits per heavy atom. The van der Waals surface area contributed by atoms with E-state index >= 15 is 0 Å². The van der Waals surface area contributed by atoms with Gasteiger partial charge in [0.15, 0.2) is 0 Å². The Morgan fingerprint density at radius 2 is 1.33 bits per heavy atom. The van der Waals surface area contributed by atoms with Gasteiger partial charge in [0, 0.05) is 17.2 Å². The van der Waals surface area contributed by atoms with Gasteiger partial charge in [-0.05, 0) is 83.2 Å². The van der Waals surface area contributed by atoms with Crippen molar-refractivity contribution in [3.05, 3.63) is 107 Å². The minimum absolute atomic E-state index is 0.136. The van der Waals surface area contributed by atoms with E-state index in [0.29, 0.717) is 35.3 Å². The molecule has 1 saturated carbocycles. The minimum atomic E-state index is -2.10. The summed E-state index contributed by atoms with van der Waals surface area (Å²) in [6.07, 6.45) is 22.4. The molecule has 5 aliphatic rings. The van der Waals surface area contributed by atoms with Gasteiger partial charge in [-0.2, -0.15) is 0 Å². The molecule has 1 heterocycles. The van der Waals surface area contributed by atoms with Crippen LogP contribution in [-0.2, 0) is 0 Å². The van der Waals surface area contributed by atoms with Crippen LogP contribution < -0.4 is 5.32 Å². The molecule has 1 aromatic rings. The highest BCUT2D eigenvalue weighted by molar-refractivity contribution is 6.76. The van der Waals surface area contributed by atoms with Crippen LogP contribution in [0.2, 0.25) is 18.6 Å². The van der Waals surface area contributed by atoms with Crippen LogP contribution in [0.1, 0.15) is 61.0 Å². The molecule has 0 radical (unpaired) electrons. The fourth-order valence-electron chi connectivity index (χ4n) is 9.03. The highest BCUT2D eigenvalue weighted by Crippen LogP contribution is 2.61. The first-order valence-electron chi connectivity index (χ1n) is 16.4. The molecular formula is C40H52N2Si. The summed E-state index contributed by atoms with van der Waals surface area (Å²) in [5.74, 6) is 9.23. The Bertz CT molecular complexity index is 1450. The van der Waals surface area contributed by atoms with Gasteiger partial charge in [0.2, 0.25) is 0 Å². The first kappa shape index (κ1) is 30.4. The molecule has 0 amide bonds. The van der Waals surface area contributed by atoms with Gasteiger partial charge in [0.05, 0.1) is 11.7 Å². The van der Waals surface area contributed by atoms with Gasteiger partial charge in [0.1, 0.15) is 8.24 Å². The molecule has 4 aliphatic carbocycles. The molecule has 43 heavy (non-hydrogen) atoms. The lowest BCUT2D eigenvalue weighted by molar-refractivity contribution is 0.226.